The Bertz CT molecular complexity index is 506. The Morgan fingerprint density at radius 2 is 2.11 bits per heavy atom. The number of amides is 1. The molecule has 0 aliphatic carbocycles. The van der Waals surface area contributed by atoms with Crippen LogP contribution in [0.25, 0.3) is 0 Å². The van der Waals surface area contributed by atoms with E-state index in [1.807, 2.05) is 13.0 Å². The predicted molar refractivity (Wildman–Crippen MR) is 72.3 cm³/mol. The molecule has 1 atom stereocenters. The summed E-state index contributed by atoms with van der Waals surface area (Å²) < 4.78 is 10.5. The molecule has 5 heteroatoms. The molecule has 0 aromatic heterocycles. The van der Waals surface area contributed by atoms with Gasteiger partial charge in [0.1, 0.15) is 17.4 Å². The zero-order chi connectivity index (χ0) is 14.4. The van der Waals surface area contributed by atoms with E-state index in [1.54, 1.807) is 26.2 Å². The van der Waals surface area contributed by atoms with Crippen LogP contribution in [0.5, 0.6) is 11.5 Å². The van der Waals surface area contributed by atoms with E-state index < -0.39 is 5.92 Å². The number of methoxy groups -OCH3 is 2. The second kappa shape index (κ2) is 6.64. The summed E-state index contributed by atoms with van der Waals surface area (Å²) in [6.07, 6.45) is 0.472. The molecule has 1 unspecified atom stereocenters. The smallest absolute Gasteiger partial charge is 0.241 e. The average molecular weight is 262 g/mol. The van der Waals surface area contributed by atoms with Gasteiger partial charge in [-0.25, -0.2) is 0 Å². The third-order valence-electron chi connectivity index (χ3n) is 2.92. The van der Waals surface area contributed by atoms with Crippen LogP contribution in [-0.2, 0) is 4.79 Å². The third kappa shape index (κ3) is 3.16. The molecule has 0 heterocycles. The normalized spacial score (nSPS) is 11.3. The molecule has 0 radical (unpaired) electrons. The molecule has 5 nitrogen and oxygen atoms in total. The summed E-state index contributed by atoms with van der Waals surface area (Å²) in [5, 5.41) is 11.6. The fourth-order valence-corrected chi connectivity index (χ4v) is 1.81. The molecule has 1 amide bonds. The summed E-state index contributed by atoms with van der Waals surface area (Å²) in [7, 11) is 3.10. The fraction of sp³-hybridized carbons (Fsp3) is 0.429. The molecule has 0 saturated carbocycles. The van der Waals surface area contributed by atoms with Crippen LogP contribution in [0.1, 0.15) is 18.9 Å². The van der Waals surface area contributed by atoms with Gasteiger partial charge in [0.15, 0.2) is 0 Å². The lowest BCUT2D eigenvalue weighted by Gasteiger charge is -2.16. The van der Waals surface area contributed by atoms with Crippen LogP contribution < -0.4 is 14.8 Å². The molecular weight excluding hydrogens is 244 g/mol. The predicted octanol–water partition coefficient (Wildman–Crippen LogP) is 2.50. The van der Waals surface area contributed by atoms with Crippen LogP contribution in [0.4, 0.5) is 5.69 Å². The third-order valence-corrected chi connectivity index (χ3v) is 2.92. The summed E-state index contributed by atoms with van der Waals surface area (Å²) in [6, 6.07) is 5.42. The number of carbonyl (C=O) groups excluding carboxylic acids is 1. The fourth-order valence-electron chi connectivity index (χ4n) is 1.81. The maximum atomic E-state index is 11.9. The van der Waals surface area contributed by atoms with Crippen molar-refractivity contribution in [1.82, 2.24) is 0 Å². The topological polar surface area (TPSA) is 71.4 Å². The molecule has 1 aromatic rings. The summed E-state index contributed by atoms with van der Waals surface area (Å²) in [6.45, 7) is 3.64. The second-order valence-electron chi connectivity index (χ2n) is 4.05. The summed E-state index contributed by atoms with van der Waals surface area (Å²) in [5.74, 6) is 0.239. The second-order valence-corrected chi connectivity index (χ2v) is 4.05. The number of hydrogen-bond donors (Lipinski definition) is 1. The first kappa shape index (κ1) is 14.8. The van der Waals surface area contributed by atoms with Gasteiger partial charge in [-0.05, 0) is 25.5 Å². The van der Waals surface area contributed by atoms with Gasteiger partial charge >= 0.3 is 0 Å². The van der Waals surface area contributed by atoms with Crippen molar-refractivity contribution in [1.29, 1.82) is 5.26 Å². The van der Waals surface area contributed by atoms with Gasteiger partial charge in [-0.1, -0.05) is 6.92 Å². The maximum absolute atomic E-state index is 11.9. The van der Waals surface area contributed by atoms with E-state index in [1.165, 1.54) is 7.11 Å². The Balaban J connectivity index is 3.06. The zero-order valence-corrected chi connectivity index (χ0v) is 11.6. The maximum Gasteiger partial charge on any atom is 0.241 e. The van der Waals surface area contributed by atoms with Gasteiger partial charge in [0.2, 0.25) is 5.91 Å². The van der Waals surface area contributed by atoms with Crippen LogP contribution in [0.15, 0.2) is 12.1 Å². The highest BCUT2D eigenvalue weighted by atomic mass is 16.5. The number of nitrogens with one attached hydrogen (secondary N) is 1. The van der Waals surface area contributed by atoms with Gasteiger partial charge in [0.05, 0.1) is 26.0 Å². The molecule has 0 aliphatic heterocycles. The standard InChI is InChI=1S/C14H18N2O3/c1-5-10(8-15)14(17)16-11-6-7-12(18-3)9(2)13(11)19-4/h6-7,10H,5H2,1-4H3,(H,16,17). The molecule has 0 bridgehead atoms. The van der Waals surface area contributed by atoms with Crippen molar-refractivity contribution in [3.8, 4) is 17.6 Å². The summed E-state index contributed by atoms with van der Waals surface area (Å²) >= 11 is 0. The Labute approximate surface area is 113 Å². The molecule has 102 valence electrons. The molecule has 0 fully saturated rings. The first-order valence-electron chi connectivity index (χ1n) is 6.01. The lowest BCUT2D eigenvalue weighted by Crippen LogP contribution is -2.21. The lowest BCUT2D eigenvalue weighted by atomic mass is 10.1. The Morgan fingerprint density at radius 1 is 1.42 bits per heavy atom. The van der Waals surface area contributed by atoms with Gasteiger partial charge in [-0.2, -0.15) is 5.26 Å². The van der Waals surface area contributed by atoms with E-state index in [0.717, 1.165) is 5.56 Å². The van der Waals surface area contributed by atoms with E-state index in [-0.39, 0.29) is 5.91 Å². The number of nitrogens with zero attached hydrogens (tertiary/aromatic N) is 1. The van der Waals surface area contributed by atoms with Crippen molar-refractivity contribution in [2.45, 2.75) is 20.3 Å². The van der Waals surface area contributed by atoms with Gasteiger partial charge in [-0.3, -0.25) is 4.79 Å². The molecule has 0 aliphatic rings. The van der Waals surface area contributed by atoms with Gasteiger partial charge in [0.25, 0.3) is 0 Å². The monoisotopic (exact) mass is 262 g/mol. The van der Waals surface area contributed by atoms with E-state index in [2.05, 4.69) is 5.32 Å². The molecule has 1 rings (SSSR count). The molecule has 1 N–H and O–H groups in total. The zero-order valence-electron chi connectivity index (χ0n) is 11.6. The SMILES string of the molecule is CCC(C#N)C(=O)Nc1ccc(OC)c(C)c1OC. The number of hydrogen-bond acceptors (Lipinski definition) is 4. The van der Waals surface area contributed by atoms with Crippen molar-refractivity contribution in [3.05, 3.63) is 17.7 Å². The van der Waals surface area contributed by atoms with Crippen LogP contribution >= 0.6 is 0 Å². The van der Waals surface area contributed by atoms with Crippen molar-refractivity contribution < 1.29 is 14.3 Å². The highest BCUT2D eigenvalue weighted by Gasteiger charge is 2.19. The quantitative estimate of drug-likeness (QED) is 0.885. The minimum absolute atomic E-state index is 0.326. The van der Waals surface area contributed by atoms with Crippen molar-refractivity contribution in [2.75, 3.05) is 19.5 Å². The van der Waals surface area contributed by atoms with E-state index in [9.17, 15) is 4.79 Å². The number of benzene rings is 1. The number of carbonyl (C=O) groups is 1. The van der Waals surface area contributed by atoms with Gasteiger partial charge in [0, 0.05) is 5.56 Å². The molecule has 0 spiro atoms. The number of rotatable bonds is 5. The molecule has 1 aromatic carbocycles. The molecular formula is C14H18N2O3. The van der Waals surface area contributed by atoms with Crippen LogP contribution in [0.2, 0.25) is 0 Å². The van der Waals surface area contributed by atoms with Crippen molar-refractivity contribution >= 4 is 11.6 Å². The Kier molecular flexibility index (Phi) is 5.19. The highest BCUT2D eigenvalue weighted by Crippen LogP contribution is 2.35. The van der Waals surface area contributed by atoms with Crippen LogP contribution in [0.3, 0.4) is 0 Å². The van der Waals surface area contributed by atoms with Crippen molar-refractivity contribution in [3.63, 3.8) is 0 Å². The lowest BCUT2D eigenvalue weighted by molar-refractivity contribution is -0.118. The average Bonchev–Trinajstić information content (AvgIpc) is 2.40. The first-order valence-corrected chi connectivity index (χ1v) is 6.01. The minimum atomic E-state index is -0.660. The van der Waals surface area contributed by atoms with E-state index in [4.69, 9.17) is 14.7 Å². The molecule has 0 saturated heterocycles. The number of anilines is 1. The highest BCUT2D eigenvalue weighted by molar-refractivity contribution is 5.95. The Hall–Kier alpha value is -2.22. The van der Waals surface area contributed by atoms with Crippen LogP contribution in [0, 0.1) is 24.2 Å². The number of ether oxygens (including phenoxy) is 2. The van der Waals surface area contributed by atoms with E-state index in [0.29, 0.717) is 23.6 Å². The first-order chi connectivity index (χ1) is 9.08. The van der Waals surface area contributed by atoms with Gasteiger partial charge in [-0.15, -0.1) is 0 Å². The minimum Gasteiger partial charge on any atom is -0.496 e. The van der Waals surface area contributed by atoms with Crippen molar-refractivity contribution in [2.24, 2.45) is 5.92 Å². The number of nitriles is 1. The largest absolute Gasteiger partial charge is 0.496 e. The molecule has 19 heavy (non-hydrogen) atoms. The van der Waals surface area contributed by atoms with E-state index >= 15 is 0 Å². The Morgan fingerprint density at radius 3 is 2.58 bits per heavy atom. The summed E-state index contributed by atoms with van der Waals surface area (Å²) in [4.78, 5) is 11.9. The van der Waals surface area contributed by atoms with Gasteiger partial charge < -0.3 is 14.8 Å². The van der Waals surface area contributed by atoms with Crippen LogP contribution in [-0.4, -0.2) is 20.1 Å². The summed E-state index contributed by atoms with van der Waals surface area (Å²) in [5.41, 5.74) is 1.34.